The molecule has 0 atom stereocenters. The molecule has 0 saturated heterocycles. The van der Waals surface area contributed by atoms with Crippen molar-refractivity contribution in [3.05, 3.63) is 45.8 Å². The highest BCUT2D eigenvalue weighted by Crippen LogP contribution is 2.35. The molecule has 144 valence electrons. The van der Waals surface area contributed by atoms with E-state index in [9.17, 15) is 0 Å². The highest BCUT2D eigenvalue weighted by Gasteiger charge is 2.16. The monoisotopic (exact) mass is 409 g/mol. The topological polar surface area (TPSA) is 87.6 Å². The quantitative estimate of drug-likeness (QED) is 0.540. The Bertz CT molecular complexity index is 916. The number of nitrogens with two attached hydrogens (primary N) is 1. The smallest absolute Gasteiger partial charge is 0.224 e. The zero-order chi connectivity index (χ0) is 19.2. The first-order valence-corrected chi connectivity index (χ1v) is 9.39. The maximum atomic E-state index is 6.47. The summed E-state index contributed by atoms with van der Waals surface area (Å²) in [5.74, 6) is 0.980. The van der Waals surface area contributed by atoms with E-state index >= 15 is 0 Å². The number of hydrogen-bond donors (Lipinski definition) is 1. The molecule has 2 aromatic heterocycles. The molecule has 3 aromatic rings. The van der Waals surface area contributed by atoms with Crippen LogP contribution in [0.5, 0.6) is 5.75 Å². The number of fused-ring (bicyclic) bond motifs is 1. The van der Waals surface area contributed by atoms with Crippen LogP contribution in [0.15, 0.2) is 24.7 Å². The molecule has 27 heavy (non-hydrogen) atoms. The van der Waals surface area contributed by atoms with Gasteiger partial charge in [-0.2, -0.15) is 9.61 Å². The molecule has 2 N–H and O–H groups in total. The third-order valence-corrected chi connectivity index (χ3v) is 5.02. The largest absolute Gasteiger partial charge is 0.493 e. The number of aromatic nitrogens is 4. The number of benzene rings is 1. The van der Waals surface area contributed by atoms with Gasteiger partial charge in [0.25, 0.3) is 0 Å². The summed E-state index contributed by atoms with van der Waals surface area (Å²) in [6, 6.07) is 3.58. The Morgan fingerprint density at radius 1 is 1.11 bits per heavy atom. The normalized spacial score (nSPS) is 11.2. The molecule has 7 nitrogen and oxygen atoms in total. The maximum Gasteiger partial charge on any atom is 0.224 e. The fourth-order valence-electron chi connectivity index (χ4n) is 2.78. The second-order valence-electron chi connectivity index (χ2n) is 6.05. The number of halogens is 2. The molecule has 1 aromatic carbocycles. The summed E-state index contributed by atoms with van der Waals surface area (Å²) in [7, 11) is 1.71. The Morgan fingerprint density at radius 2 is 1.93 bits per heavy atom. The van der Waals surface area contributed by atoms with Gasteiger partial charge in [0.15, 0.2) is 5.65 Å². The Kier molecular flexibility index (Phi) is 6.71. The number of nitrogens with zero attached hydrogens (tertiary/aromatic N) is 4. The number of ether oxygens (including phenoxy) is 2. The Morgan fingerprint density at radius 3 is 2.74 bits per heavy atom. The van der Waals surface area contributed by atoms with Gasteiger partial charge in [-0.3, -0.25) is 0 Å². The number of nitrogen functional groups attached to an aromatic ring is 1. The van der Waals surface area contributed by atoms with Gasteiger partial charge in [-0.05, 0) is 31.4 Å². The summed E-state index contributed by atoms with van der Waals surface area (Å²) < 4.78 is 12.5. The van der Waals surface area contributed by atoms with Crippen LogP contribution in [0.1, 0.15) is 30.4 Å². The molecular weight excluding hydrogens is 389 g/mol. The summed E-state index contributed by atoms with van der Waals surface area (Å²) in [5, 5.41) is 5.18. The predicted molar refractivity (Wildman–Crippen MR) is 106 cm³/mol. The lowest BCUT2D eigenvalue weighted by atomic mass is 10.1. The van der Waals surface area contributed by atoms with Crippen LogP contribution < -0.4 is 10.5 Å². The second-order valence-corrected chi connectivity index (χ2v) is 6.84. The fourth-order valence-corrected chi connectivity index (χ4v) is 3.18. The van der Waals surface area contributed by atoms with Crippen molar-refractivity contribution in [2.45, 2.75) is 25.7 Å². The zero-order valence-electron chi connectivity index (χ0n) is 15.0. The molecule has 0 amide bonds. The van der Waals surface area contributed by atoms with Crippen molar-refractivity contribution in [1.29, 1.82) is 0 Å². The molecule has 9 heteroatoms. The molecule has 3 rings (SSSR count). The van der Waals surface area contributed by atoms with E-state index in [1.165, 1.54) is 10.8 Å². The van der Waals surface area contributed by atoms with E-state index in [1.54, 1.807) is 19.4 Å². The van der Waals surface area contributed by atoms with Crippen molar-refractivity contribution < 1.29 is 9.47 Å². The van der Waals surface area contributed by atoms with Crippen molar-refractivity contribution in [2.75, 3.05) is 26.1 Å². The van der Waals surface area contributed by atoms with E-state index in [0.717, 1.165) is 37.0 Å². The molecular formula is C18H21Cl2N5O2. The molecule has 0 fully saturated rings. The van der Waals surface area contributed by atoms with Gasteiger partial charge >= 0.3 is 0 Å². The summed E-state index contributed by atoms with van der Waals surface area (Å²) >= 11 is 12.7. The highest BCUT2D eigenvalue weighted by molar-refractivity contribution is 6.42. The Hall–Kier alpha value is -2.09. The summed E-state index contributed by atoms with van der Waals surface area (Å²) in [6.07, 6.45) is 6.56. The van der Waals surface area contributed by atoms with Crippen molar-refractivity contribution in [1.82, 2.24) is 19.6 Å². The van der Waals surface area contributed by atoms with Gasteiger partial charge in [-0.25, -0.2) is 9.97 Å². The van der Waals surface area contributed by atoms with E-state index in [-0.39, 0.29) is 5.95 Å². The van der Waals surface area contributed by atoms with Gasteiger partial charge in [0.1, 0.15) is 12.1 Å². The van der Waals surface area contributed by atoms with Crippen LogP contribution in [0, 0.1) is 0 Å². The van der Waals surface area contributed by atoms with E-state index < -0.39 is 0 Å². The molecule has 0 aliphatic heterocycles. The van der Waals surface area contributed by atoms with Crippen LogP contribution >= 0.6 is 23.2 Å². The fraction of sp³-hybridized carbons (Fsp3) is 0.389. The van der Waals surface area contributed by atoms with Crippen molar-refractivity contribution in [2.24, 2.45) is 0 Å². The first kappa shape index (κ1) is 19.7. The zero-order valence-corrected chi connectivity index (χ0v) is 16.5. The molecule has 0 spiro atoms. The first-order chi connectivity index (χ1) is 13.1. The number of methoxy groups -OCH3 is 1. The third-order valence-electron chi connectivity index (χ3n) is 4.17. The second kappa shape index (κ2) is 9.21. The van der Waals surface area contributed by atoms with Crippen LogP contribution in [-0.2, 0) is 11.2 Å². The van der Waals surface area contributed by atoms with E-state index in [2.05, 4.69) is 15.1 Å². The summed E-state index contributed by atoms with van der Waals surface area (Å²) in [5.41, 5.74) is 8.12. The van der Waals surface area contributed by atoms with Crippen LogP contribution in [0.3, 0.4) is 0 Å². The van der Waals surface area contributed by atoms with Gasteiger partial charge in [0.05, 0.1) is 22.8 Å². The number of rotatable bonds is 9. The molecule has 0 aliphatic carbocycles. The Balaban J connectivity index is 1.79. The SMILES string of the molecule is COCCCCCOc1ccc(Cl)c(Cl)c1Cc1cnn2c(N)ncnc12. The average molecular weight is 410 g/mol. The van der Waals surface area contributed by atoms with Gasteiger partial charge in [0.2, 0.25) is 5.95 Å². The highest BCUT2D eigenvalue weighted by atomic mass is 35.5. The summed E-state index contributed by atoms with van der Waals surface area (Å²) in [4.78, 5) is 8.20. The van der Waals surface area contributed by atoms with Gasteiger partial charge in [0, 0.05) is 31.3 Å². The standard InChI is InChI=1S/C18H21Cl2N5O2/c1-26-7-3-2-4-8-27-15-6-5-14(19)16(20)13(15)9-12-10-24-25-17(12)22-11-23-18(25)21/h5-6,10-11H,2-4,7-9H2,1H3,(H2,21,22,23). The van der Waals surface area contributed by atoms with Crippen molar-refractivity contribution in [3.8, 4) is 5.75 Å². The molecule has 0 saturated carbocycles. The van der Waals surface area contributed by atoms with E-state index in [4.69, 9.17) is 38.4 Å². The third kappa shape index (κ3) is 4.61. The van der Waals surface area contributed by atoms with Crippen molar-refractivity contribution in [3.63, 3.8) is 0 Å². The molecule has 0 radical (unpaired) electrons. The predicted octanol–water partition coefficient (Wildman–Crippen LogP) is 3.80. The lowest BCUT2D eigenvalue weighted by Crippen LogP contribution is -2.04. The average Bonchev–Trinajstić information content (AvgIpc) is 3.08. The van der Waals surface area contributed by atoms with Crippen LogP contribution in [0.2, 0.25) is 10.0 Å². The maximum absolute atomic E-state index is 6.47. The minimum atomic E-state index is 0.274. The first-order valence-electron chi connectivity index (χ1n) is 8.63. The van der Waals surface area contributed by atoms with E-state index in [0.29, 0.717) is 34.5 Å². The molecule has 0 aliphatic rings. The lowest BCUT2D eigenvalue weighted by molar-refractivity contribution is 0.189. The minimum absolute atomic E-state index is 0.274. The number of anilines is 1. The van der Waals surface area contributed by atoms with Crippen LogP contribution in [0.4, 0.5) is 5.95 Å². The molecule has 0 bridgehead atoms. The van der Waals surface area contributed by atoms with Gasteiger partial charge < -0.3 is 15.2 Å². The molecule has 2 heterocycles. The Labute approximate surface area is 167 Å². The number of unbranched alkanes of at least 4 members (excludes halogenated alkanes) is 2. The van der Waals surface area contributed by atoms with Crippen LogP contribution in [-0.4, -0.2) is 39.9 Å². The van der Waals surface area contributed by atoms with Gasteiger partial charge in [-0.1, -0.05) is 23.2 Å². The minimum Gasteiger partial charge on any atom is -0.493 e. The number of hydrogen-bond acceptors (Lipinski definition) is 6. The van der Waals surface area contributed by atoms with E-state index in [1.807, 2.05) is 6.07 Å². The lowest BCUT2D eigenvalue weighted by Gasteiger charge is -2.14. The summed E-state index contributed by atoms with van der Waals surface area (Å²) in [6.45, 7) is 1.36. The van der Waals surface area contributed by atoms with Crippen LogP contribution in [0.25, 0.3) is 5.65 Å². The van der Waals surface area contributed by atoms with Gasteiger partial charge in [-0.15, -0.1) is 0 Å². The molecule has 0 unspecified atom stereocenters. The van der Waals surface area contributed by atoms with Crippen molar-refractivity contribution >= 4 is 34.8 Å².